The highest BCUT2D eigenvalue weighted by Gasteiger charge is 2.29. The van der Waals surface area contributed by atoms with E-state index < -0.39 is 12.7 Å². The Bertz CT molecular complexity index is 339. The van der Waals surface area contributed by atoms with Crippen LogP contribution < -0.4 is 5.32 Å². The zero-order valence-corrected chi connectivity index (χ0v) is 8.80. The summed E-state index contributed by atoms with van der Waals surface area (Å²) < 4.78 is 37.8. The molecule has 1 fully saturated rings. The van der Waals surface area contributed by atoms with Crippen LogP contribution in [0.2, 0.25) is 0 Å². The Kier molecular flexibility index (Phi) is 3.07. The summed E-state index contributed by atoms with van der Waals surface area (Å²) in [6, 6.07) is 0.273. The monoisotopic (exact) mass is 233 g/mol. The third kappa shape index (κ3) is 2.90. The smallest absolute Gasteiger partial charge is 0.353 e. The minimum absolute atomic E-state index is 0.273. The van der Waals surface area contributed by atoms with Crippen molar-refractivity contribution in [2.75, 3.05) is 5.32 Å². The number of nitrogens with zero attached hydrogens (tertiary/aromatic N) is 2. The van der Waals surface area contributed by atoms with Gasteiger partial charge in [0.05, 0.1) is 0 Å². The van der Waals surface area contributed by atoms with Gasteiger partial charge in [0, 0.05) is 18.4 Å². The molecule has 2 rings (SSSR count). The van der Waals surface area contributed by atoms with Gasteiger partial charge in [-0.2, -0.15) is 13.2 Å². The molecule has 1 N–H and O–H groups in total. The minimum atomic E-state index is -4.20. The number of alkyl halides is 3. The summed E-state index contributed by atoms with van der Waals surface area (Å²) in [5.74, 6) is 0.323. The second-order valence-corrected chi connectivity index (χ2v) is 4.12. The van der Waals surface area contributed by atoms with Gasteiger partial charge in [0.25, 0.3) is 0 Å². The van der Waals surface area contributed by atoms with E-state index in [9.17, 15) is 13.2 Å². The number of halogens is 3. The molecule has 1 heterocycles. The molecule has 0 atom stereocenters. The molecule has 0 radical (unpaired) electrons. The molecule has 6 heteroatoms. The highest BCUT2D eigenvalue weighted by Crippen LogP contribution is 2.23. The van der Waals surface area contributed by atoms with Gasteiger partial charge in [0.2, 0.25) is 5.95 Å². The predicted octanol–water partition coefficient (Wildman–Crippen LogP) is 2.80. The topological polar surface area (TPSA) is 29.9 Å². The molecule has 90 valence electrons. The Morgan fingerprint density at radius 3 is 2.69 bits per heavy atom. The van der Waals surface area contributed by atoms with Gasteiger partial charge in [0.15, 0.2) is 0 Å². The van der Waals surface area contributed by atoms with Crippen molar-refractivity contribution in [3.8, 4) is 0 Å². The van der Waals surface area contributed by atoms with Gasteiger partial charge in [-0.25, -0.2) is 4.98 Å². The zero-order chi connectivity index (χ0) is 11.6. The normalized spacial score (nSPS) is 17.9. The van der Waals surface area contributed by atoms with Crippen molar-refractivity contribution in [2.45, 2.75) is 44.4 Å². The molecule has 1 aliphatic carbocycles. The maximum Gasteiger partial charge on any atom is 0.406 e. The van der Waals surface area contributed by atoms with E-state index in [2.05, 4.69) is 10.3 Å². The predicted molar refractivity (Wildman–Crippen MR) is 54.2 cm³/mol. The number of hydrogen-bond donors (Lipinski definition) is 1. The molecular formula is C10H14F3N3. The van der Waals surface area contributed by atoms with Gasteiger partial charge in [-0.05, 0) is 12.8 Å². The lowest BCUT2D eigenvalue weighted by atomic mass is 10.2. The van der Waals surface area contributed by atoms with E-state index in [1.54, 1.807) is 0 Å². The van der Waals surface area contributed by atoms with E-state index in [0.29, 0.717) is 5.95 Å². The first-order chi connectivity index (χ1) is 7.54. The number of hydrogen-bond acceptors (Lipinski definition) is 2. The Balaban J connectivity index is 2.01. The first kappa shape index (κ1) is 11.3. The van der Waals surface area contributed by atoms with Crippen LogP contribution >= 0.6 is 0 Å². The van der Waals surface area contributed by atoms with Crippen molar-refractivity contribution in [3.63, 3.8) is 0 Å². The number of nitrogens with one attached hydrogen (secondary N) is 1. The van der Waals surface area contributed by atoms with Gasteiger partial charge in [-0.1, -0.05) is 12.8 Å². The van der Waals surface area contributed by atoms with E-state index >= 15 is 0 Å². The lowest BCUT2D eigenvalue weighted by Gasteiger charge is -2.15. The van der Waals surface area contributed by atoms with Gasteiger partial charge in [0.1, 0.15) is 6.54 Å². The molecule has 0 aliphatic heterocycles. The second kappa shape index (κ2) is 4.35. The molecule has 1 aliphatic rings. The van der Waals surface area contributed by atoms with Crippen molar-refractivity contribution in [3.05, 3.63) is 12.4 Å². The van der Waals surface area contributed by atoms with Crippen LogP contribution in [0.4, 0.5) is 19.1 Å². The summed E-state index contributed by atoms with van der Waals surface area (Å²) in [5.41, 5.74) is 0. The van der Waals surface area contributed by atoms with Crippen molar-refractivity contribution >= 4 is 5.95 Å². The van der Waals surface area contributed by atoms with E-state index in [-0.39, 0.29) is 6.04 Å². The number of anilines is 1. The van der Waals surface area contributed by atoms with Gasteiger partial charge in [-0.3, -0.25) is 0 Å². The van der Waals surface area contributed by atoms with E-state index in [0.717, 1.165) is 30.3 Å². The van der Waals surface area contributed by atoms with Crippen LogP contribution in [0.25, 0.3) is 0 Å². The first-order valence-corrected chi connectivity index (χ1v) is 5.39. The highest BCUT2D eigenvalue weighted by atomic mass is 19.4. The van der Waals surface area contributed by atoms with Crippen LogP contribution in [-0.2, 0) is 6.54 Å². The van der Waals surface area contributed by atoms with Crippen LogP contribution in [0.5, 0.6) is 0 Å². The molecule has 1 saturated carbocycles. The Hall–Kier alpha value is -1.20. The molecule has 1 aromatic rings. The maximum absolute atomic E-state index is 12.2. The maximum atomic E-state index is 12.2. The minimum Gasteiger partial charge on any atom is -0.353 e. The van der Waals surface area contributed by atoms with Crippen LogP contribution in [0.1, 0.15) is 25.7 Å². The van der Waals surface area contributed by atoms with Crippen LogP contribution in [0.3, 0.4) is 0 Å². The van der Waals surface area contributed by atoms with Crippen molar-refractivity contribution in [1.29, 1.82) is 0 Å². The molecule has 1 aromatic heterocycles. The number of aromatic nitrogens is 2. The molecule has 16 heavy (non-hydrogen) atoms. The molecule has 0 saturated heterocycles. The average molecular weight is 233 g/mol. The molecular weight excluding hydrogens is 219 g/mol. The number of imidazole rings is 1. The average Bonchev–Trinajstić information content (AvgIpc) is 2.77. The number of rotatable bonds is 3. The highest BCUT2D eigenvalue weighted by molar-refractivity contribution is 5.28. The summed E-state index contributed by atoms with van der Waals surface area (Å²) >= 11 is 0. The quantitative estimate of drug-likeness (QED) is 0.870. The van der Waals surface area contributed by atoms with E-state index in [1.807, 2.05) is 0 Å². The molecule has 3 nitrogen and oxygen atoms in total. The molecule has 0 bridgehead atoms. The van der Waals surface area contributed by atoms with Crippen molar-refractivity contribution in [1.82, 2.24) is 9.55 Å². The standard InChI is InChI=1S/C10H14F3N3/c11-10(12,13)7-16-6-5-14-9(16)15-8-3-1-2-4-8/h5-6,8H,1-4,7H2,(H,14,15). The Morgan fingerprint density at radius 1 is 1.38 bits per heavy atom. The summed E-state index contributed by atoms with van der Waals surface area (Å²) in [4.78, 5) is 3.92. The fourth-order valence-electron chi connectivity index (χ4n) is 2.02. The SMILES string of the molecule is FC(F)(F)Cn1ccnc1NC1CCCC1. The summed E-state index contributed by atoms with van der Waals surface area (Å²) in [6.07, 6.45) is 2.84. The molecule has 0 aromatic carbocycles. The molecule has 0 spiro atoms. The van der Waals surface area contributed by atoms with Crippen molar-refractivity contribution < 1.29 is 13.2 Å². The van der Waals surface area contributed by atoms with Crippen molar-refractivity contribution in [2.24, 2.45) is 0 Å². The Morgan fingerprint density at radius 2 is 2.06 bits per heavy atom. The zero-order valence-electron chi connectivity index (χ0n) is 8.80. The van der Waals surface area contributed by atoms with Crippen LogP contribution in [-0.4, -0.2) is 21.8 Å². The second-order valence-electron chi connectivity index (χ2n) is 4.12. The molecule has 0 amide bonds. The lowest BCUT2D eigenvalue weighted by Crippen LogP contribution is -2.22. The van der Waals surface area contributed by atoms with Crippen LogP contribution in [0.15, 0.2) is 12.4 Å². The fraction of sp³-hybridized carbons (Fsp3) is 0.700. The van der Waals surface area contributed by atoms with Crippen LogP contribution in [0, 0.1) is 0 Å². The first-order valence-electron chi connectivity index (χ1n) is 5.39. The largest absolute Gasteiger partial charge is 0.406 e. The third-order valence-electron chi connectivity index (χ3n) is 2.75. The fourth-order valence-corrected chi connectivity index (χ4v) is 2.02. The Labute approximate surface area is 91.7 Å². The lowest BCUT2D eigenvalue weighted by molar-refractivity contribution is -0.140. The van der Waals surface area contributed by atoms with Gasteiger partial charge < -0.3 is 9.88 Å². The van der Waals surface area contributed by atoms with E-state index in [4.69, 9.17) is 0 Å². The summed E-state index contributed by atoms with van der Waals surface area (Å²) in [7, 11) is 0. The summed E-state index contributed by atoms with van der Waals surface area (Å²) in [6.45, 7) is -0.984. The molecule has 0 unspecified atom stereocenters. The summed E-state index contributed by atoms with van der Waals surface area (Å²) in [5, 5.41) is 3.06. The van der Waals surface area contributed by atoms with E-state index in [1.165, 1.54) is 12.4 Å². The van der Waals surface area contributed by atoms with Gasteiger partial charge >= 0.3 is 6.18 Å². The van der Waals surface area contributed by atoms with Gasteiger partial charge in [-0.15, -0.1) is 0 Å². The third-order valence-corrected chi connectivity index (χ3v) is 2.75.